The van der Waals surface area contributed by atoms with Crippen LogP contribution in [0.2, 0.25) is 0 Å². The molecular formula is C20H30O3. The van der Waals surface area contributed by atoms with Gasteiger partial charge >= 0.3 is 0 Å². The molecule has 2 saturated carbocycles. The van der Waals surface area contributed by atoms with Crippen LogP contribution in [0.4, 0.5) is 0 Å². The number of aliphatic hydroxyl groups excluding tert-OH is 1. The van der Waals surface area contributed by atoms with Gasteiger partial charge < -0.3 is 9.52 Å². The SMILES string of the molecule is CC1C(=O)C(O)C2C(C)(C)CCCC2(C)C1CCc1ccoc1. The Kier molecular flexibility index (Phi) is 4.20. The van der Waals surface area contributed by atoms with Crippen LogP contribution in [-0.4, -0.2) is 17.0 Å². The molecule has 0 aromatic carbocycles. The second-order valence-corrected chi connectivity index (χ2v) is 8.74. The zero-order valence-electron chi connectivity index (χ0n) is 14.8. The molecule has 2 aliphatic carbocycles. The summed E-state index contributed by atoms with van der Waals surface area (Å²) in [5.41, 5.74) is 1.26. The topological polar surface area (TPSA) is 50.4 Å². The summed E-state index contributed by atoms with van der Waals surface area (Å²) in [6.45, 7) is 8.81. The van der Waals surface area contributed by atoms with Crippen LogP contribution in [0, 0.1) is 28.6 Å². The Balaban J connectivity index is 1.91. The van der Waals surface area contributed by atoms with Gasteiger partial charge in [-0.2, -0.15) is 0 Å². The second-order valence-electron chi connectivity index (χ2n) is 8.74. The Morgan fingerprint density at radius 1 is 1.30 bits per heavy atom. The quantitative estimate of drug-likeness (QED) is 0.907. The minimum Gasteiger partial charge on any atom is -0.472 e. The Morgan fingerprint density at radius 2 is 2.04 bits per heavy atom. The molecule has 1 heterocycles. The fourth-order valence-corrected chi connectivity index (χ4v) is 5.87. The fourth-order valence-electron chi connectivity index (χ4n) is 5.87. The number of aliphatic hydroxyl groups is 1. The zero-order chi connectivity index (χ0) is 16.8. The highest BCUT2D eigenvalue weighted by atomic mass is 16.3. The van der Waals surface area contributed by atoms with Crippen LogP contribution >= 0.6 is 0 Å². The van der Waals surface area contributed by atoms with E-state index in [4.69, 9.17) is 4.42 Å². The molecule has 5 atom stereocenters. The molecule has 0 radical (unpaired) electrons. The third-order valence-electron chi connectivity index (χ3n) is 6.92. The van der Waals surface area contributed by atoms with Crippen molar-refractivity contribution in [2.75, 3.05) is 0 Å². The number of hydrogen-bond acceptors (Lipinski definition) is 3. The van der Waals surface area contributed by atoms with Gasteiger partial charge in [0.2, 0.25) is 0 Å². The summed E-state index contributed by atoms with van der Waals surface area (Å²) >= 11 is 0. The van der Waals surface area contributed by atoms with E-state index >= 15 is 0 Å². The number of aryl methyl sites for hydroxylation is 1. The largest absolute Gasteiger partial charge is 0.472 e. The highest BCUT2D eigenvalue weighted by Gasteiger charge is 2.59. The lowest BCUT2D eigenvalue weighted by Crippen LogP contribution is -2.61. The highest BCUT2D eigenvalue weighted by Crippen LogP contribution is 2.61. The van der Waals surface area contributed by atoms with Crippen molar-refractivity contribution in [3.63, 3.8) is 0 Å². The lowest BCUT2D eigenvalue weighted by Gasteiger charge is -2.60. The van der Waals surface area contributed by atoms with E-state index in [-0.39, 0.29) is 28.4 Å². The lowest BCUT2D eigenvalue weighted by atomic mass is 9.45. The number of carbonyl (C=O) groups is 1. The maximum absolute atomic E-state index is 12.7. The second kappa shape index (κ2) is 5.77. The van der Waals surface area contributed by atoms with E-state index in [2.05, 4.69) is 20.8 Å². The number of furan rings is 1. The van der Waals surface area contributed by atoms with Gasteiger partial charge in [0.15, 0.2) is 5.78 Å². The number of fused-ring (bicyclic) bond motifs is 1. The van der Waals surface area contributed by atoms with Crippen molar-refractivity contribution in [1.29, 1.82) is 0 Å². The lowest BCUT2D eigenvalue weighted by molar-refractivity contribution is -0.176. The number of carbonyl (C=O) groups excluding carboxylic acids is 1. The minimum atomic E-state index is -0.796. The standard InChI is InChI=1S/C20H30O3/c1-13-15(7-6-14-8-11-23-12-14)20(4)10-5-9-19(2,3)18(20)17(22)16(13)21/h8,11-13,15,17-18,22H,5-7,9-10H2,1-4H3. The first kappa shape index (κ1) is 16.8. The smallest absolute Gasteiger partial charge is 0.164 e. The highest BCUT2D eigenvalue weighted by molar-refractivity contribution is 5.86. The number of Topliss-reactive ketones (excluding diaryl/α,β-unsaturated/α-hetero) is 1. The van der Waals surface area contributed by atoms with Crippen LogP contribution < -0.4 is 0 Å². The molecular weight excluding hydrogens is 288 g/mol. The molecule has 3 heteroatoms. The summed E-state index contributed by atoms with van der Waals surface area (Å²) in [6, 6.07) is 2.01. The molecule has 2 aliphatic rings. The monoisotopic (exact) mass is 318 g/mol. The molecule has 0 aliphatic heterocycles. The maximum atomic E-state index is 12.7. The molecule has 0 amide bonds. The predicted octanol–water partition coefficient (Wildman–Crippen LogP) is 4.24. The van der Waals surface area contributed by atoms with Crippen molar-refractivity contribution in [2.24, 2.45) is 28.6 Å². The van der Waals surface area contributed by atoms with Crippen LogP contribution in [0.1, 0.15) is 58.9 Å². The van der Waals surface area contributed by atoms with Crippen LogP contribution in [0.3, 0.4) is 0 Å². The molecule has 3 rings (SSSR count). The van der Waals surface area contributed by atoms with E-state index in [1.54, 1.807) is 12.5 Å². The van der Waals surface area contributed by atoms with Gasteiger partial charge in [-0.15, -0.1) is 0 Å². The molecule has 0 bridgehead atoms. The number of ketones is 1. The van der Waals surface area contributed by atoms with Crippen molar-refractivity contribution < 1.29 is 14.3 Å². The van der Waals surface area contributed by atoms with Crippen molar-refractivity contribution >= 4 is 5.78 Å². The van der Waals surface area contributed by atoms with Crippen molar-refractivity contribution in [3.8, 4) is 0 Å². The van der Waals surface area contributed by atoms with Gasteiger partial charge in [-0.3, -0.25) is 4.79 Å². The predicted molar refractivity (Wildman–Crippen MR) is 89.9 cm³/mol. The minimum absolute atomic E-state index is 0.0239. The summed E-state index contributed by atoms with van der Waals surface area (Å²) in [6.07, 6.45) is 8.05. The number of hydrogen-bond donors (Lipinski definition) is 1. The van der Waals surface area contributed by atoms with E-state index in [9.17, 15) is 9.90 Å². The molecule has 1 aromatic rings. The first-order chi connectivity index (χ1) is 10.8. The van der Waals surface area contributed by atoms with Gasteiger partial charge in [-0.1, -0.05) is 34.1 Å². The maximum Gasteiger partial charge on any atom is 0.164 e. The van der Waals surface area contributed by atoms with Crippen LogP contribution in [-0.2, 0) is 11.2 Å². The molecule has 128 valence electrons. The number of rotatable bonds is 3. The van der Waals surface area contributed by atoms with Gasteiger partial charge in [0.1, 0.15) is 6.10 Å². The third kappa shape index (κ3) is 2.67. The molecule has 0 spiro atoms. The fraction of sp³-hybridized carbons (Fsp3) is 0.750. The Hall–Kier alpha value is -1.09. The van der Waals surface area contributed by atoms with Crippen molar-refractivity contribution in [1.82, 2.24) is 0 Å². The van der Waals surface area contributed by atoms with Gasteiger partial charge in [-0.25, -0.2) is 0 Å². The van der Waals surface area contributed by atoms with E-state index in [0.29, 0.717) is 5.92 Å². The third-order valence-corrected chi connectivity index (χ3v) is 6.92. The van der Waals surface area contributed by atoms with E-state index < -0.39 is 6.10 Å². The average Bonchev–Trinajstić information content (AvgIpc) is 2.97. The molecule has 23 heavy (non-hydrogen) atoms. The van der Waals surface area contributed by atoms with E-state index in [1.807, 2.05) is 13.0 Å². The normalized spacial score (nSPS) is 40.0. The van der Waals surface area contributed by atoms with Crippen LogP contribution in [0.25, 0.3) is 0 Å². The first-order valence-corrected chi connectivity index (χ1v) is 9.00. The summed E-state index contributed by atoms with van der Waals surface area (Å²) in [5.74, 6) is 0.395. The van der Waals surface area contributed by atoms with Crippen LogP contribution in [0.5, 0.6) is 0 Å². The van der Waals surface area contributed by atoms with Crippen LogP contribution in [0.15, 0.2) is 23.0 Å². The van der Waals surface area contributed by atoms with Gasteiger partial charge in [0, 0.05) is 11.8 Å². The van der Waals surface area contributed by atoms with Gasteiger partial charge in [0.05, 0.1) is 12.5 Å². The van der Waals surface area contributed by atoms with E-state index in [0.717, 1.165) is 25.7 Å². The summed E-state index contributed by atoms with van der Waals surface area (Å²) in [5, 5.41) is 10.7. The van der Waals surface area contributed by atoms with Gasteiger partial charge in [0.25, 0.3) is 0 Å². The van der Waals surface area contributed by atoms with E-state index in [1.165, 1.54) is 12.0 Å². The average molecular weight is 318 g/mol. The molecule has 2 fully saturated rings. The molecule has 3 nitrogen and oxygen atoms in total. The molecule has 5 unspecified atom stereocenters. The van der Waals surface area contributed by atoms with Crippen molar-refractivity contribution in [2.45, 2.75) is 65.9 Å². The summed E-state index contributed by atoms with van der Waals surface area (Å²) < 4.78 is 5.18. The summed E-state index contributed by atoms with van der Waals surface area (Å²) in [4.78, 5) is 12.7. The molecule has 0 saturated heterocycles. The van der Waals surface area contributed by atoms with Crippen molar-refractivity contribution in [3.05, 3.63) is 24.2 Å². The zero-order valence-corrected chi connectivity index (χ0v) is 14.8. The first-order valence-electron chi connectivity index (χ1n) is 9.00. The summed E-state index contributed by atoms with van der Waals surface area (Å²) in [7, 11) is 0. The Morgan fingerprint density at radius 3 is 2.70 bits per heavy atom. The van der Waals surface area contributed by atoms with Gasteiger partial charge in [-0.05, 0) is 54.1 Å². The molecule has 1 aromatic heterocycles. The Bertz CT molecular complexity index is 559. The molecule has 1 N–H and O–H groups in total. The Labute approximate surface area is 139 Å².